The lowest BCUT2D eigenvalue weighted by Crippen LogP contribution is -2.07. The molecule has 28 heavy (non-hydrogen) atoms. The van der Waals surface area contributed by atoms with Crippen LogP contribution in [0.1, 0.15) is 17.7 Å². The SMILES string of the molecule is COc1ccc(-n2nc3c(c2-c2ccc(Cl)cc2)CC(=CC(=O)O)CC3)cc1. The maximum Gasteiger partial charge on any atom is 0.328 e. The van der Waals surface area contributed by atoms with Crippen LogP contribution in [-0.4, -0.2) is 28.0 Å². The molecule has 5 nitrogen and oxygen atoms in total. The van der Waals surface area contributed by atoms with Gasteiger partial charge in [0.05, 0.1) is 24.2 Å². The first-order valence-corrected chi connectivity index (χ1v) is 9.36. The number of aromatic nitrogens is 2. The Kier molecular flexibility index (Phi) is 4.92. The van der Waals surface area contributed by atoms with Gasteiger partial charge in [-0.15, -0.1) is 0 Å². The molecule has 0 atom stereocenters. The fraction of sp³-hybridized carbons (Fsp3) is 0.182. The quantitative estimate of drug-likeness (QED) is 0.651. The second-order valence-corrected chi connectivity index (χ2v) is 7.14. The van der Waals surface area contributed by atoms with Crippen molar-refractivity contribution in [2.75, 3.05) is 7.11 Å². The molecule has 2 aromatic carbocycles. The van der Waals surface area contributed by atoms with Crippen LogP contribution in [0, 0.1) is 0 Å². The number of methoxy groups -OCH3 is 1. The van der Waals surface area contributed by atoms with Gasteiger partial charge >= 0.3 is 5.97 Å². The average molecular weight is 395 g/mol. The lowest BCUT2D eigenvalue weighted by Gasteiger charge is -2.15. The van der Waals surface area contributed by atoms with Crippen LogP contribution in [0.5, 0.6) is 5.75 Å². The Bertz CT molecular complexity index is 1050. The summed E-state index contributed by atoms with van der Waals surface area (Å²) < 4.78 is 7.19. The van der Waals surface area contributed by atoms with Crippen molar-refractivity contribution in [1.29, 1.82) is 0 Å². The normalized spacial score (nSPS) is 14.7. The van der Waals surface area contributed by atoms with Gasteiger partial charge in [0.2, 0.25) is 0 Å². The standard InChI is InChI=1S/C22H19ClN2O3/c1-28-18-9-7-17(8-10-18)25-22(15-3-5-16(23)6-4-15)19-12-14(13-21(26)27)2-11-20(19)24-25/h3-10,13H,2,11-12H2,1H3,(H,26,27). The molecule has 6 heteroatoms. The number of ether oxygens (including phenoxy) is 1. The molecule has 1 aromatic heterocycles. The molecule has 3 aromatic rings. The van der Waals surface area contributed by atoms with Crippen LogP contribution in [0.15, 0.2) is 60.2 Å². The van der Waals surface area contributed by atoms with E-state index in [1.807, 2.05) is 53.2 Å². The number of benzene rings is 2. The number of rotatable bonds is 4. The van der Waals surface area contributed by atoms with E-state index in [1.165, 1.54) is 6.08 Å². The van der Waals surface area contributed by atoms with Crippen LogP contribution < -0.4 is 4.74 Å². The van der Waals surface area contributed by atoms with Gasteiger partial charge in [0.25, 0.3) is 0 Å². The highest BCUT2D eigenvalue weighted by molar-refractivity contribution is 6.30. The van der Waals surface area contributed by atoms with Gasteiger partial charge in [-0.3, -0.25) is 0 Å². The van der Waals surface area contributed by atoms with Crippen molar-refractivity contribution in [1.82, 2.24) is 9.78 Å². The number of carboxylic acid groups (broad SMARTS) is 1. The zero-order chi connectivity index (χ0) is 19.7. The molecule has 0 amide bonds. The van der Waals surface area contributed by atoms with E-state index in [4.69, 9.17) is 26.5 Å². The van der Waals surface area contributed by atoms with E-state index in [-0.39, 0.29) is 0 Å². The Morgan fingerprint density at radius 2 is 1.86 bits per heavy atom. The van der Waals surface area contributed by atoms with Crippen molar-refractivity contribution in [3.63, 3.8) is 0 Å². The fourth-order valence-electron chi connectivity index (χ4n) is 3.59. The first kappa shape index (κ1) is 18.3. The summed E-state index contributed by atoms with van der Waals surface area (Å²) in [6.07, 6.45) is 3.33. The molecule has 1 aliphatic rings. The molecule has 1 aliphatic carbocycles. The van der Waals surface area contributed by atoms with Gasteiger partial charge in [-0.05, 0) is 55.7 Å². The molecule has 1 N–H and O–H groups in total. The van der Waals surface area contributed by atoms with Crippen LogP contribution in [0.4, 0.5) is 0 Å². The van der Waals surface area contributed by atoms with Crippen molar-refractivity contribution in [2.45, 2.75) is 19.3 Å². The van der Waals surface area contributed by atoms with Crippen molar-refractivity contribution in [2.24, 2.45) is 0 Å². The largest absolute Gasteiger partial charge is 0.497 e. The van der Waals surface area contributed by atoms with E-state index >= 15 is 0 Å². The zero-order valence-corrected chi connectivity index (χ0v) is 16.1. The lowest BCUT2D eigenvalue weighted by molar-refractivity contribution is -0.131. The molecule has 0 bridgehead atoms. The van der Waals surface area contributed by atoms with Crippen molar-refractivity contribution >= 4 is 17.6 Å². The number of carbonyl (C=O) groups is 1. The van der Waals surface area contributed by atoms with Gasteiger partial charge in [0.15, 0.2) is 0 Å². The summed E-state index contributed by atoms with van der Waals surface area (Å²) in [6.45, 7) is 0. The Morgan fingerprint density at radius 3 is 2.50 bits per heavy atom. The molecule has 0 saturated heterocycles. The van der Waals surface area contributed by atoms with E-state index in [0.717, 1.165) is 45.9 Å². The highest BCUT2D eigenvalue weighted by atomic mass is 35.5. The van der Waals surface area contributed by atoms with Crippen LogP contribution in [0.2, 0.25) is 5.02 Å². The summed E-state index contributed by atoms with van der Waals surface area (Å²) in [5.74, 6) is -0.130. The number of aryl methyl sites for hydroxylation is 1. The van der Waals surface area contributed by atoms with E-state index in [0.29, 0.717) is 17.9 Å². The third-order valence-electron chi connectivity index (χ3n) is 4.92. The number of carboxylic acids is 1. The van der Waals surface area contributed by atoms with E-state index in [1.54, 1.807) is 7.11 Å². The molecular formula is C22H19ClN2O3. The smallest absolute Gasteiger partial charge is 0.328 e. The summed E-state index contributed by atoms with van der Waals surface area (Å²) in [6, 6.07) is 15.4. The van der Waals surface area contributed by atoms with Crippen molar-refractivity contribution in [3.05, 3.63) is 76.5 Å². The van der Waals surface area contributed by atoms with Crippen LogP contribution in [-0.2, 0) is 17.6 Å². The number of hydrogen-bond acceptors (Lipinski definition) is 3. The zero-order valence-electron chi connectivity index (χ0n) is 15.4. The third kappa shape index (κ3) is 3.53. The maximum absolute atomic E-state index is 11.1. The lowest BCUT2D eigenvalue weighted by atomic mass is 9.89. The topological polar surface area (TPSA) is 64.4 Å². The number of fused-ring (bicyclic) bond motifs is 1. The van der Waals surface area contributed by atoms with Gasteiger partial charge in [-0.2, -0.15) is 5.10 Å². The average Bonchev–Trinajstić information content (AvgIpc) is 3.07. The summed E-state index contributed by atoms with van der Waals surface area (Å²) >= 11 is 6.08. The number of allylic oxidation sites excluding steroid dienone is 1. The molecular weight excluding hydrogens is 376 g/mol. The second kappa shape index (κ2) is 7.52. The summed E-state index contributed by atoms with van der Waals surface area (Å²) in [4.78, 5) is 11.1. The van der Waals surface area contributed by atoms with Gasteiger partial charge in [-0.1, -0.05) is 29.3 Å². The second-order valence-electron chi connectivity index (χ2n) is 6.71. The number of hydrogen-bond donors (Lipinski definition) is 1. The Balaban J connectivity index is 1.87. The van der Waals surface area contributed by atoms with E-state index in [9.17, 15) is 4.79 Å². The minimum atomic E-state index is -0.908. The third-order valence-corrected chi connectivity index (χ3v) is 5.17. The molecule has 0 spiro atoms. The minimum Gasteiger partial charge on any atom is -0.497 e. The number of halogens is 1. The van der Waals surface area contributed by atoms with Gasteiger partial charge in [-0.25, -0.2) is 9.48 Å². The van der Waals surface area contributed by atoms with Crippen molar-refractivity contribution < 1.29 is 14.6 Å². The summed E-state index contributed by atoms with van der Waals surface area (Å²) in [5, 5.41) is 14.7. The minimum absolute atomic E-state index is 0.579. The highest BCUT2D eigenvalue weighted by Crippen LogP contribution is 2.36. The fourth-order valence-corrected chi connectivity index (χ4v) is 3.71. The molecule has 0 unspecified atom stereocenters. The van der Waals surface area contributed by atoms with Gasteiger partial charge < -0.3 is 9.84 Å². The molecule has 0 fully saturated rings. The van der Waals surface area contributed by atoms with Crippen molar-refractivity contribution in [3.8, 4) is 22.7 Å². The number of aliphatic carboxylic acids is 1. The monoisotopic (exact) mass is 394 g/mol. The molecule has 4 rings (SSSR count). The van der Waals surface area contributed by atoms with Crippen LogP contribution in [0.25, 0.3) is 16.9 Å². The first-order chi connectivity index (χ1) is 13.5. The predicted molar refractivity (Wildman–Crippen MR) is 108 cm³/mol. The molecule has 0 radical (unpaired) electrons. The molecule has 142 valence electrons. The Morgan fingerprint density at radius 1 is 1.14 bits per heavy atom. The van der Waals surface area contributed by atoms with Gasteiger partial charge in [0, 0.05) is 22.2 Å². The number of nitrogens with zero attached hydrogens (tertiary/aromatic N) is 2. The molecule has 1 heterocycles. The summed E-state index contributed by atoms with van der Waals surface area (Å²) in [7, 11) is 1.64. The van der Waals surface area contributed by atoms with E-state index < -0.39 is 5.97 Å². The maximum atomic E-state index is 11.1. The summed E-state index contributed by atoms with van der Waals surface area (Å²) in [5.41, 5.74) is 5.85. The predicted octanol–water partition coefficient (Wildman–Crippen LogP) is 4.70. The first-order valence-electron chi connectivity index (χ1n) is 8.98. The van der Waals surface area contributed by atoms with Crippen LogP contribution in [0.3, 0.4) is 0 Å². The Labute approximate surface area is 167 Å². The Hall–Kier alpha value is -3.05. The highest BCUT2D eigenvalue weighted by Gasteiger charge is 2.25. The van der Waals surface area contributed by atoms with Crippen LogP contribution >= 0.6 is 11.6 Å². The molecule has 0 saturated carbocycles. The molecule has 0 aliphatic heterocycles. The van der Waals surface area contributed by atoms with E-state index in [2.05, 4.69) is 0 Å². The van der Waals surface area contributed by atoms with Gasteiger partial charge in [0.1, 0.15) is 5.75 Å².